The molecule has 1 saturated carbocycles. The number of nitrogens with zero attached hydrogens (tertiary/aromatic N) is 4. The summed E-state index contributed by atoms with van der Waals surface area (Å²) < 4.78 is 41.2. The monoisotopic (exact) mass is 520 g/mol. The molecule has 6 rings (SSSR count). The summed E-state index contributed by atoms with van der Waals surface area (Å²) >= 11 is 0. The Bertz CT molecular complexity index is 1500. The molecule has 2 fully saturated rings. The first-order valence-corrected chi connectivity index (χ1v) is 13.1. The van der Waals surface area contributed by atoms with Crippen molar-refractivity contribution in [1.29, 1.82) is 0 Å². The molecule has 1 saturated heterocycles. The van der Waals surface area contributed by atoms with Gasteiger partial charge in [0.05, 0.1) is 28.9 Å². The van der Waals surface area contributed by atoms with Crippen LogP contribution in [0.3, 0.4) is 0 Å². The highest BCUT2D eigenvalue weighted by Crippen LogP contribution is 2.42. The Morgan fingerprint density at radius 3 is 2.47 bits per heavy atom. The predicted octanol–water partition coefficient (Wildman–Crippen LogP) is 6.58. The van der Waals surface area contributed by atoms with Crippen LogP contribution in [0.25, 0.3) is 22.2 Å². The van der Waals surface area contributed by atoms with Gasteiger partial charge in [0, 0.05) is 36.9 Å². The maximum atomic E-state index is 14.2. The zero-order valence-electron chi connectivity index (χ0n) is 21.7. The van der Waals surface area contributed by atoms with Gasteiger partial charge in [-0.2, -0.15) is 0 Å². The Morgan fingerprint density at radius 2 is 1.79 bits per heavy atom. The molecule has 0 spiro atoms. The minimum Gasteiger partial charge on any atom is -0.381 e. The first kappa shape index (κ1) is 24.7. The van der Waals surface area contributed by atoms with Crippen LogP contribution in [0.15, 0.2) is 40.9 Å². The predicted molar refractivity (Wildman–Crippen MR) is 139 cm³/mol. The maximum absolute atomic E-state index is 14.2. The summed E-state index contributed by atoms with van der Waals surface area (Å²) in [6.07, 6.45) is 4.83. The van der Waals surface area contributed by atoms with E-state index in [9.17, 15) is 13.6 Å². The van der Waals surface area contributed by atoms with Crippen molar-refractivity contribution < 1.29 is 22.8 Å². The molecule has 0 N–H and O–H groups in total. The van der Waals surface area contributed by atoms with E-state index >= 15 is 0 Å². The number of aromatic nitrogens is 3. The number of carbonyl (C=O) groups is 1. The first-order valence-electron chi connectivity index (χ1n) is 13.1. The van der Waals surface area contributed by atoms with E-state index in [2.05, 4.69) is 21.9 Å². The molecular formula is C29H30F2N4O3. The lowest BCUT2D eigenvalue weighted by Gasteiger charge is -2.32. The van der Waals surface area contributed by atoms with Gasteiger partial charge in [-0.05, 0) is 75.8 Å². The number of hydrogen-bond donors (Lipinski definition) is 0. The fourth-order valence-corrected chi connectivity index (χ4v) is 6.21. The number of rotatable bonds is 5. The number of imidazole rings is 1. The number of fused-ring (bicyclic) bond motifs is 1. The number of hydrogen-bond acceptors (Lipinski definition) is 5. The van der Waals surface area contributed by atoms with Gasteiger partial charge in [-0.15, -0.1) is 0 Å². The smallest absolute Gasteiger partial charge is 0.227 e. The van der Waals surface area contributed by atoms with Crippen LogP contribution in [-0.2, 0) is 9.53 Å². The van der Waals surface area contributed by atoms with Gasteiger partial charge in [-0.25, -0.2) is 13.8 Å². The molecule has 198 valence electrons. The molecule has 38 heavy (non-hydrogen) atoms. The average Bonchev–Trinajstić information content (AvgIpc) is 3.59. The number of carbonyl (C=O) groups excluding carboxylic acids is 1. The third kappa shape index (κ3) is 4.09. The molecule has 7 nitrogen and oxygen atoms in total. The fourth-order valence-electron chi connectivity index (χ4n) is 6.21. The van der Waals surface area contributed by atoms with E-state index in [0.29, 0.717) is 18.5 Å². The summed E-state index contributed by atoms with van der Waals surface area (Å²) in [6.45, 7) is 3.81. The van der Waals surface area contributed by atoms with E-state index in [0.717, 1.165) is 77.3 Å². The van der Waals surface area contributed by atoms with Gasteiger partial charge in [0.2, 0.25) is 5.91 Å². The Hall–Kier alpha value is -3.59. The van der Waals surface area contributed by atoms with Gasteiger partial charge in [-0.1, -0.05) is 11.2 Å². The van der Waals surface area contributed by atoms with E-state index in [1.807, 2.05) is 19.9 Å². The van der Waals surface area contributed by atoms with Crippen molar-refractivity contribution in [1.82, 2.24) is 14.7 Å². The fraction of sp³-hybridized carbons (Fsp3) is 0.414. The zero-order chi connectivity index (χ0) is 26.6. The first-order chi connectivity index (χ1) is 18.4. The molecule has 0 radical (unpaired) electrons. The molecule has 3 heterocycles. The lowest BCUT2D eigenvalue weighted by molar-refractivity contribution is -0.117. The normalized spacial score (nSPS) is 22.1. The summed E-state index contributed by atoms with van der Waals surface area (Å²) in [5, 5.41) is 4.10. The molecule has 2 aromatic carbocycles. The van der Waals surface area contributed by atoms with E-state index in [-0.39, 0.29) is 24.1 Å². The van der Waals surface area contributed by atoms with Crippen LogP contribution in [0.2, 0.25) is 0 Å². The molecule has 1 amide bonds. The molecule has 2 aromatic heterocycles. The van der Waals surface area contributed by atoms with Crippen LogP contribution in [0, 0.1) is 25.5 Å². The topological polar surface area (TPSA) is 73.4 Å². The van der Waals surface area contributed by atoms with E-state index in [1.54, 1.807) is 12.0 Å². The van der Waals surface area contributed by atoms with Crippen LogP contribution in [0.5, 0.6) is 0 Å². The lowest BCUT2D eigenvalue weighted by Crippen LogP contribution is -2.31. The molecule has 2 aliphatic rings. The van der Waals surface area contributed by atoms with Crippen LogP contribution in [0.1, 0.15) is 67.9 Å². The highest BCUT2D eigenvalue weighted by molar-refractivity contribution is 5.96. The Kier molecular flexibility index (Phi) is 6.26. The lowest BCUT2D eigenvalue weighted by atomic mass is 9.92. The van der Waals surface area contributed by atoms with Gasteiger partial charge < -0.3 is 18.7 Å². The number of halogens is 2. The summed E-state index contributed by atoms with van der Waals surface area (Å²) in [6, 6.07) is 9.60. The zero-order valence-corrected chi connectivity index (χ0v) is 21.7. The molecule has 1 atom stereocenters. The van der Waals surface area contributed by atoms with Crippen LogP contribution in [0.4, 0.5) is 14.5 Å². The van der Waals surface area contributed by atoms with Crippen molar-refractivity contribution in [3.8, 4) is 11.1 Å². The summed E-state index contributed by atoms with van der Waals surface area (Å²) in [5.74, 6) is -0.529. The quantitative estimate of drug-likeness (QED) is 0.297. The standard InChI is InChI=1S/C29H30F2N4O3/c1-16-28(17(2)38-33-16)18-4-11-25-24(14-18)32-29(35(25)19-5-8-21(37-3)9-6-19)26-12-13-27(36)34(26)20-7-10-22(30)23(31)15-20/h4,7,10-11,14-15,19,21,26H,5-6,8-9,12-13H2,1-3H3/t19?,21?,26-/m0/s1. The molecule has 0 bridgehead atoms. The van der Waals surface area contributed by atoms with Gasteiger partial charge in [0.25, 0.3) is 0 Å². The van der Waals surface area contributed by atoms with Crippen molar-refractivity contribution in [2.45, 2.75) is 70.6 Å². The SMILES string of the molecule is COC1CCC(n2c([C@@H]3CCC(=O)N3c3ccc(F)c(F)c3)nc3cc(-c4c(C)noc4C)ccc32)CC1. The summed E-state index contributed by atoms with van der Waals surface area (Å²) in [4.78, 5) is 19.8. The number of methoxy groups -OCH3 is 1. The Labute approximate surface area is 219 Å². The number of benzene rings is 2. The number of anilines is 1. The van der Waals surface area contributed by atoms with Gasteiger partial charge in [0.1, 0.15) is 11.6 Å². The Balaban J connectivity index is 1.49. The Morgan fingerprint density at radius 1 is 1.00 bits per heavy atom. The van der Waals surface area contributed by atoms with E-state index < -0.39 is 11.6 Å². The highest BCUT2D eigenvalue weighted by atomic mass is 19.2. The third-order valence-electron chi connectivity index (χ3n) is 8.07. The summed E-state index contributed by atoms with van der Waals surface area (Å²) in [7, 11) is 1.75. The molecule has 1 aliphatic carbocycles. The molecule has 9 heteroatoms. The second-order valence-electron chi connectivity index (χ2n) is 10.3. The molecule has 1 aliphatic heterocycles. The minimum absolute atomic E-state index is 0.126. The third-order valence-corrected chi connectivity index (χ3v) is 8.07. The average molecular weight is 521 g/mol. The van der Waals surface area contributed by atoms with Crippen LogP contribution in [-0.4, -0.2) is 33.8 Å². The van der Waals surface area contributed by atoms with Crippen molar-refractivity contribution in [3.05, 3.63) is 65.3 Å². The van der Waals surface area contributed by atoms with Gasteiger partial charge >= 0.3 is 0 Å². The van der Waals surface area contributed by atoms with Crippen molar-refractivity contribution >= 4 is 22.6 Å². The van der Waals surface area contributed by atoms with E-state index in [1.165, 1.54) is 6.07 Å². The number of amides is 1. The van der Waals surface area contributed by atoms with Gasteiger partial charge in [-0.3, -0.25) is 4.79 Å². The number of ether oxygens (including phenoxy) is 1. The molecule has 0 unspecified atom stereocenters. The van der Waals surface area contributed by atoms with E-state index in [4.69, 9.17) is 14.2 Å². The highest BCUT2D eigenvalue weighted by Gasteiger charge is 2.38. The van der Waals surface area contributed by atoms with Crippen LogP contribution >= 0.6 is 0 Å². The van der Waals surface area contributed by atoms with Crippen molar-refractivity contribution in [3.63, 3.8) is 0 Å². The second-order valence-corrected chi connectivity index (χ2v) is 10.3. The molecular weight excluding hydrogens is 490 g/mol. The number of aryl methyl sites for hydroxylation is 2. The second kappa shape index (κ2) is 9.62. The minimum atomic E-state index is -0.976. The largest absolute Gasteiger partial charge is 0.381 e. The summed E-state index contributed by atoms with van der Waals surface area (Å²) in [5.41, 5.74) is 4.87. The van der Waals surface area contributed by atoms with Crippen molar-refractivity contribution in [2.24, 2.45) is 0 Å². The maximum Gasteiger partial charge on any atom is 0.227 e. The van der Waals surface area contributed by atoms with Gasteiger partial charge in [0.15, 0.2) is 11.6 Å². The van der Waals surface area contributed by atoms with Crippen LogP contribution < -0.4 is 4.90 Å². The molecule has 4 aromatic rings. The van der Waals surface area contributed by atoms with Crippen molar-refractivity contribution in [2.75, 3.05) is 12.0 Å².